The van der Waals surface area contributed by atoms with Crippen molar-refractivity contribution >= 4 is 54.5 Å². The Hall–Kier alpha value is 0.150. The summed E-state index contributed by atoms with van der Waals surface area (Å²) >= 11 is 9.17. The monoisotopic (exact) mass is 469 g/mol. The van der Waals surface area contributed by atoms with Crippen molar-refractivity contribution in [3.63, 3.8) is 0 Å². The van der Waals surface area contributed by atoms with Gasteiger partial charge in [0.05, 0.1) is 6.04 Å². The largest absolute Gasteiger partial charge is 0.452 e. The molecule has 0 saturated heterocycles. The molecule has 2 rings (SSSR count). The number of nitrogens with one attached hydrogen (secondary N) is 1. The van der Waals surface area contributed by atoms with Crippen molar-refractivity contribution in [1.29, 1.82) is 0 Å². The van der Waals surface area contributed by atoms with Crippen molar-refractivity contribution in [3.05, 3.63) is 54.4 Å². The van der Waals surface area contributed by atoms with E-state index >= 15 is 0 Å². The third-order valence-corrected chi connectivity index (χ3v) is 4.34. The molecule has 0 bridgehead atoms. The Labute approximate surface area is 131 Å². The van der Waals surface area contributed by atoms with Gasteiger partial charge in [-0.15, -0.1) is 0 Å². The van der Waals surface area contributed by atoms with Gasteiger partial charge in [-0.25, -0.2) is 0 Å². The first-order valence-corrected chi connectivity index (χ1v) is 7.65. The standard InChI is InChI=1S/C12H10Br2INO/c1-16-12(10-4-5-11(14)17-10)8-6-7(13)2-3-9(8)15/h2-6,12,16H,1H3. The number of hydrogen-bond donors (Lipinski definition) is 1. The molecule has 0 spiro atoms. The van der Waals surface area contributed by atoms with Gasteiger partial charge in [0, 0.05) is 8.04 Å². The summed E-state index contributed by atoms with van der Waals surface area (Å²) in [5.74, 6) is 0.899. The van der Waals surface area contributed by atoms with Crippen LogP contribution in [0.25, 0.3) is 0 Å². The number of hydrogen-bond acceptors (Lipinski definition) is 2. The van der Waals surface area contributed by atoms with E-state index in [0.717, 1.165) is 14.9 Å². The van der Waals surface area contributed by atoms with Gasteiger partial charge >= 0.3 is 0 Å². The fourth-order valence-electron chi connectivity index (χ4n) is 1.67. The van der Waals surface area contributed by atoms with Gasteiger partial charge in [-0.05, 0) is 81.5 Å². The van der Waals surface area contributed by atoms with Crippen LogP contribution in [0.1, 0.15) is 17.4 Å². The Kier molecular flexibility index (Phi) is 4.68. The molecule has 0 aliphatic heterocycles. The molecule has 1 heterocycles. The van der Waals surface area contributed by atoms with Gasteiger partial charge in [0.1, 0.15) is 5.76 Å². The first-order chi connectivity index (χ1) is 8.11. The van der Waals surface area contributed by atoms with Crippen LogP contribution in [0.15, 0.2) is 43.9 Å². The highest BCUT2D eigenvalue weighted by Gasteiger charge is 2.18. The molecule has 17 heavy (non-hydrogen) atoms. The summed E-state index contributed by atoms with van der Waals surface area (Å²) < 4.78 is 8.64. The van der Waals surface area contributed by atoms with Gasteiger partial charge in [-0.3, -0.25) is 0 Å². The molecule has 1 N–H and O–H groups in total. The minimum absolute atomic E-state index is 0.0608. The highest BCUT2D eigenvalue weighted by atomic mass is 127. The summed E-state index contributed by atoms with van der Waals surface area (Å²) in [6.07, 6.45) is 0. The number of benzene rings is 1. The minimum atomic E-state index is 0.0608. The van der Waals surface area contributed by atoms with Crippen molar-refractivity contribution < 1.29 is 4.42 Å². The van der Waals surface area contributed by atoms with Crippen molar-refractivity contribution in [2.45, 2.75) is 6.04 Å². The maximum absolute atomic E-state index is 5.62. The maximum Gasteiger partial charge on any atom is 0.169 e. The highest BCUT2D eigenvalue weighted by Crippen LogP contribution is 2.30. The maximum atomic E-state index is 5.62. The molecule has 0 amide bonds. The summed E-state index contributed by atoms with van der Waals surface area (Å²) in [6, 6.07) is 10.2. The van der Waals surface area contributed by atoms with Crippen molar-refractivity contribution in [2.75, 3.05) is 7.05 Å². The van der Waals surface area contributed by atoms with E-state index in [1.165, 1.54) is 9.13 Å². The average molecular weight is 471 g/mol. The Morgan fingerprint density at radius 3 is 2.59 bits per heavy atom. The Balaban J connectivity index is 2.45. The van der Waals surface area contributed by atoms with E-state index in [9.17, 15) is 0 Å². The highest BCUT2D eigenvalue weighted by molar-refractivity contribution is 14.1. The van der Waals surface area contributed by atoms with Crippen LogP contribution in [0.5, 0.6) is 0 Å². The van der Waals surface area contributed by atoms with E-state index in [4.69, 9.17) is 4.42 Å². The lowest BCUT2D eigenvalue weighted by atomic mass is 10.1. The zero-order valence-electron chi connectivity index (χ0n) is 9.01. The van der Waals surface area contributed by atoms with E-state index < -0.39 is 0 Å². The third-order valence-electron chi connectivity index (χ3n) is 2.44. The zero-order chi connectivity index (χ0) is 12.4. The normalized spacial score (nSPS) is 12.7. The van der Waals surface area contributed by atoms with Crippen LogP contribution in [0, 0.1) is 3.57 Å². The summed E-state index contributed by atoms with van der Waals surface area (Å²) in [6.45, 7) is 0. The molecule has 1 unspecified atom stereocenters. The van der Waals surface area contributed by atoms with Gasteiger partial charge in [-0.1, -0.05) is 15.9 Å². The van der Waals surface area contributed by atoms with Crippen LogP contribution < -0.4 is 5.32 Å². The first-order valence-electron chi connectivity index (χ1n) is 4.99. The smallest absolute Gasteiger partial charge is 0.169 e. The lowest BCUT2D eigenvalue weighted by Gasteiger charge is -2.16. The van der Waals surface area contributed by atoms with Gasteiger partial charge in [0.15, 0.2) is 4.67 Å². The Morgan fingerprint density at radius 1 is 1.24 bits per heavy atom. The SMILES string of the molecule is CNC(c1ccc(Br)o1)c1cc(Br)ccc1I. The van der Waals surface area contributed by atoms with E-state index in [1.54, 1.807) is 0 Å². The van der Waals surface area contributed by atoms with E-state index in [0.29, 0.717) is 0 Å². The second-order valence-corrected chi connectivity index (χ2v) is 6.39. The van der Waals surface area contributed by atoms with E-state index in [2.05, 4.69) is 71.9 Å². The molecule has 0 saturated carbocycles. The minimum Gasteiger partial charge on any atom is -0.452 e. The van der Waals surface area contributed by atoms with Crippen LogP contribution in [-0.4, -0.2) is 7.05 Å². The molecular weight excluding hydrogens is 461 g/mol. The molecule has 2 aromatic rings. The first kappa shape index (κ1) is 13.6. The fraction of sp³-hybridized carbons (Fsp3) is 0.167. The number of rotatable bonds is 3. The fourth-order valence-corrected chi connectivity index (χ4v) is 3.02. The predicted octanol–water partition coefficient (Wildman–Crippen LogP) is 4.72. The van der Waals surface area contributed by atoms with E-state index in [1.807, 2.05) is 25.2 Å². The molecule has 2 nitrogen and oxygen atoms in total. The molecular formula is C12H10Br2INO. The molecule has 0 fully saturated rings. The second-order valence-electron chi connectivity index (χ2n) is 3.53. The summed E-state index contributed by atoms with van der Waals surface area (Å²) in [7, 11) is 1.93. The lowest BCUT2D eigenvalue weighted by Crippen LogP contribution is -2.18. The summed E-state index contributed by atoms with van der Waals surface area (Å²) in [4.78, 5) is 0. The average Bonchev–Trinajstić information content (AvgIpc) is 2.71. The summed E-state index contributed by atoms with van der Waals surface area (Å²) in [5.41, 5.74) is 1.20. The molecule has 90 valence electrons. The van der Waals surface area contributed by atoms with Gasteiger partial charge in [0.25, 0.3) is 0 Å². The van der Waals surface area contributed by atoms with Gasteiger partial charge < -0.3 is 9.73 Å². The van der Waals surface area contributed by atoms with Crippen LogP contribution in [0.4, 0.5) is 0 Å². The Morgan fingerprint density at radius 2 is 2.00 bits per heavy atom. The molecule has 0 aliphatic carbocycles. The van der Waals surface area contributed by atoms with Crippen molar-refractivity contribution in [2.24, 2.45) is 0 Å². The van der Waals surface area contributed by atoms with Crippen molar-refractivity contribution in [3.8, 4) is 0 Å². The van der Waals surface area contributed by atoms with Gasteiger partial charge in [0.2, 0.25) is 0 Å². The lowest BCUT2D eigenvalue weighted by molar-refractivity contribution is 0.446. The van der Waals surface area contributed by atoms with Crippen LogP contribution in [0.2, 0.25) is 0 Å². The van der Waals surface area contributed by atoms with Crippen LogP contribution in [0.3, 0.4) is 0 Å². The predicted molar refractivity (Wildman–Crippen MR) is 84.2 cm³/mol. The molecule has 0 radical (unpaired) electrons. The topological polar surface area (TPSA) is 25.2 Å². The quantitative estimate of drug-likeness (QED) is 0.657. The number of furan rings is 1. The zero-order valence-corrected chi connectivity index (χ0v) is 14.3. The molecule has 0 aliphatic rings. The second kappa shape index (κ2) is 5.86. The van der Waals surface area contributed by atoms with Crippen LogP contribution >= 0.6 is 54.5 Å². The molecule has 1 atom stereocenters. The van der Waals surface area contributed by atoms with Crippen molar-refractivity contribution in [1.82, 2.24) is 5.32 Å². The van der Waals surface area contributed by atoms with E-state index in [-0.39, 0.29) is 6.04 Å². The molecule has 5 heteroatoms. The third kappa shape index (κ3) is 3.13. The van der Waals surface area contributed by atoms with Gasteiger partial charge in [-0.2, -0.15) is 0 Å². The Bertz CT molecular complexity index is 527. The summed E-state index contributed by atoms with van der Waals surface area (Å²) in [5, 5.41) is 3.28. The molecule has 1 aromatic heterocycles. The molecule has 1 aromatic carbocycles. The van der Waals surface area contributed by atoms with Crippen LogP contribution in [-0.2, 0) is 0 Å². The number of halogens is 3.